The third-order valence-electron chi connectivity index (χ3n) is 7.44. The molecular weight excluding hydrogens is 478 g/mol. The minimum atomic E-state index is -2.52. The van der Waals surface area contributed by atoms with E-state index in [-0.39, 0.29) is 6.42 Å². The van der Waals surface area contributed by atoms with Gasteiger partial charge in [-0.2, -0.15) is 0 Å². The largest absolute Gasteiger partial charge is 0.394 e. The van der Waals surface area contributed by atoms with Gasteiger partial charge in [-0.1, -0.05) is 71.1 Å². The predicted octanol–water partition coefficient (Wildman–Crippen LogP) is -1.43. The van der Waals surface area contributed by atoms with Gasteiger partial charge >= 0.3 is 0 Å². The molecule has 0 aromatic rings. The van der Waals surface area contributed by atoms with Gasteiger partial charge in [-0.3, -0.25) is 5.73 Å². The molecule has 2 heterocycles. The Morgan fingerprint density at radius 2 is 1.36 bits per heavy atom. The fraction of sp³-hybridized carbons (Fsp3) is 1.00. The maximum atomic E-state index is 10.9. The Morgan fingerprint density at radius 3 is 1.89 bits per heavy atom. The second-order valence-electron chi connectivity index (χ2n) is 10.2. The van der Waals surface area contributed by atoms with Crippen LogP contribution in [0.25, 0.3) is 0 Å². The van der Waals surface area contributed by atoms with Crippen molar-refractivity contribution in [3.63, 3.8) is 0 Å². The Hall–Kier alpha value is -0.480. The van der Waals surface area contributed by atoms with Crippen molar-refractivity contribution >= 4 is 0 Å². The number of nitrogens with two attached hydrogens (primary N) is 1. The van der Waals surface area contributed by atoms with E-state index in [1.807, 2.05) is 0 Å². The topological polar surface area (TPSA) is 216 Å². The van der Waals surface area contributed by atoms with Crippen LogP contribution >= 0.6 is 0 Å². The molecule has 2 aliphatic heterocycles. The van der Waals surface area contributed by atoms with Crippen molar-refractivity contribution in [3.8, 4) is 0 Å². The number of hydrogen-bond acceptors (Lipinski definition) is 12. The molecule has 2 aliphatic rings. The maximum Gasteiger partial charge on any atom is 0.187 e. The first-order chi connectivity index (χ1) is 17.1. The van der Waals surface area contributed by atoms with Crippen LogP contribution in [0.1, 0.15) is 77.6 Å². The van der Waals surface area contributed by atoms with Crippen LogP contribution in [0.15, 0.2) is 0 Å². The van der Waals surface area contributed by atoms with E-state index >= 15 is 0 Å². The zero-order valence-corrected chi connectivity index (χ0v) is 21.2. The summed E-state index contributed by atoms with van der Waals surface area (Å²) in [6, 6.07) is 0. The molecule has 2 saturated heterocycles. The molecule has 0 spiro atoms. The van der Waals surface area contributed by atoms with Crippen LogP contribution in [-0.4, -0.2) is 115 Å². The summed E-state index contributed by atoms with van der Waals surface area (Å²) in [5.41, 5.74) is 1.54. The molecule has 12 heteroatoms. The van der Waals surface area contributed by atoms with E-state index in [1.165, 1.54) is 32.1 Å². The number of ether oxygens (including phenoxy) is 3. The standard InChI is InChI=1S/C24H47NO11/c1-2-3-4-5-6-7-8-9-10-11-12-23(14-27)24(25,33)20(31)18(30)22(36-23)35-19-15(13-26)34-21(32)17(29)16(19)28/h15-22,26-33H,2-14,25H2,1H3/t15-,16-,17-,18-,19-,20+,21-,22+,23-,24-/m1/s1. The van der Waals surface area contributed by atoms with Gasteiger partial charge in [-0.05, 0) is 6.42 Å². The van der Waals surface area contributed by atoms with Gasteiger partial charge in [0.2, 0.25) is 0 Å². The highest BCUT2D eigenvalue weighted by molar-refractivity contribution is 5.08. The van der Waals surface area contributed by atoms with E-state index in [9.17, 15) is 40.9 Å². The van der Waals surface area contributed by atoms with Crippen molar-refractivity contribution in [1.29, 1.82) is 0 Å². The predicted molar refractivity (Wildman–Crippen MR) is 127 cm³/mol. The minimum absolute atomic E-state index is 0.0468. The average Bonchev–Trinajstić information content (AvgIpc) is 2.86. The molecule has 10 N–H and O–H groups in total. The molecule has 0 unspecified atom stereocenters. The molecule has 0 saturated carbocycles. The smallest absolute Gasteiger partial charge is 0.187 e. The summed E-state index contributed by atoms with van der Waals surface area (Å²) < 4.78 is 16.4. The van der Waals surface area contributed by atoms with E-state index in [4.69, 9.17) is 19.9 Å². The second-order valence-corrected chi connectivity index (χ2v) is 10.2. The van der Waals surface area contributed by atoms with Gasteiger partial charge in [0, 0.05) is 0 Å². The van der Waals surface area contributed by atoms with Crippen LogP contribution in [0, 0.1) is 0 Å². The van der Waals surface area contributed by atoms with Crippen molar-refractivity contribution in [2.45, 2.75) is 138 Å². The van der Waals surface area contributed by atoms with E-state index in [0.717, 1.165) is 25.7 Å². The zero-order valence-electron chi connectivity index (χ0n) is 21.2. The van der Waals surface area contributed by atoms with E-state index in [1.54, 1.807) is 0 Å². The lowest BCUT2D eigenvalue weighted by Gasteiger charge is -2.54. The lowest BCUT2D eigenvalue weighted by molar-refractivity contribution is -0.395. The lowest BCUT2D eigenvalue weighted by Crippen LogP contribution is -2.78. The first kappa shape index (κ1) is 31.7. The molecule has 2 fully saturated rings. The summed E-state index contributed by atoms with van der Waals surface area (Å²) in [5.74, 6) is 0. The first-order valence-electron chi connectivity index (χ1n) is 13.2. The summed E-state index contributed by atoms with van der Waals surface area (Å²) in [7, 11) is 0. The van der Waals surface area contributed by atoms with Gasteiger partial charge in [-0.15, -0.1) is 0 Å². The molecule has 12 nitrogen and oxygen atoms in total. The highest BCUT2D eigenvalue weighted by Crippen LogP contribution is 2.40. The molecule has 0 bridgehead atoms. The molecule has 0 radical (unpaired) electrons. The Balaban J connectivity index is 1.99. The Bertz CT molecular complexity index is 625. The number of aliphatic hydroxyl groups is 8. The van der Waals surface area contributed by atoms with Crippen LogP contribution in [0.3, 0.4) is 0 Å². The van der Waals surface area contributed by atoms with Gasteiger partial charge in [0.05, 0.1) is 13.2 Å². The van der Waals surface area contributed by atoms with Crippen LogP contribution in [-0.2, 0) is 14.2 Å². The summed E-state index contributed by atoms with van der Waals surface area (Å²) in [6.45, 7) is 0.678. The molecule has 10 atom stereocenters. The van der Waals surface area contributed by atoms with Crippen LogP contribution < -0.4 is 5.73 Å². The number of hydrogen-bond donors (Lipinski definition) is 9. The molecule has 214 valence electrons. The molecule has 0 aliphatic carbocycles. The van der Waals surface area contributed by atoms with Gasteiger partial charge in [0.25, 0.3) is 0 Å². The molecule has 36 heavy (non-hydrogen) atoms. The van der Waals surface area contributed by atoms with Gasteiger partial charge in [0.1, 0.15) is 42.2 Å². The van der Waals surface area contributed by atoms with Crippen molar-refractivity contribution in [1.82, 2.24) is 0 Å². The number of aliphatic hydroxyl groups excluding tert-OH is 7. The normalized spacial score (nSPS) is 41.5. The molecule has 0 aromatic heterocycles. The highest BCUT2D eigenvalue weighted by Gasteiger charge is 2.62. The fourth-order valence-electron chi connectivity index (χ4n) is 4.96. The van der Waals surface area contributed by atoms with Crippen LogP contribution in [0.5, 0.6) is 0 Å². The quantitative estimate of drug-likeness (QED) is 0.0888. The SMILES string of the molecule is CCCCCCCCCCCC[C@]1(CO)O[C@H](O[C@H]2[C@H](O)[C@@H](O)[C@H](O)O[C@@H]2CO)[C@H](O)[C@H](O)[C@@]1(N)O. The van der Waals surface area contributed by atoms with Crippen molar-refractivity contribution in [3.05, 3.63) is 0 Å². The van der Waals surface area contributed by atoms with Crippen molar-refractivity contribution in [2.24, 2.45) is 5.73 Å². The van der Waals surface area contributed by atoms with Gasteiger partial charge in [0.15, 0.2) is 18.3 Å². The molecular formula is C24H47NO11. The second kappa shape index (κ2) is 14.6. The Labute approximate surface area is 212 Å². The summed E-state index contributed by atoms with van der Waals surface area (Å²) in [6.07, 6.45) is -3.08. The van der Waals surface area contributed by atoms with Crippen LogP contribution in [0.4, 0.5) is 0 Å². The first-order valence-corrected chi connectivity index (χ1v) is 13.2. The summed E-state index contributed by atoms with van der Waals surface area (Å²) in [5, 5.41) is 81.6. The zero-order chi connectivity index (χ0) is 26.9. The highest BCUT2D eigenvalue weighted by atomic mass is 16.7. The number of rotatable bonds is 15. The lowest BCUT2D eigenvalue weighted by atomic mass is 9.78. The molecule has 0 amide bonds. The summed E-state index contributed by atoms with van der Waals surface area (Å²) in [4.78, 5) is 0. The maximum absolute atomic E-state index is 10.9. The van der Waals surface area contributed by atoms with Crippen LogP contribution in [0.2, 0.25) is 0 Å². The third kappa shape index (κ3) is 7.33. The Kier molecular flexibility index (Phi) is 12.9. The van der Waals surface area contributed by atoms with Gasteiger partial charge < -0.3 is 55.1 Å². The monoisotopic (exact) mass is 525 g/mol. The Morgan fingerprint density at radius 1 is 0.806 bits per heavy atom. The fourth-order valence-corrected chi connectivity index (χ4v) is 4.96. The van der Waals surface area contributed by atoms with E-state index in [0.29, 0.717) is 6.42 Å². The van der Waals surface area contributed by atoms with Crippen molar-refractivity contribution < 1.29 is 55.1 Å². The molecule has 0 aromatic carbocycles. The van der Waals surface area contributed by atoms with E-state index < -0.39 is 73.7 Å². The number of unbranched alkanes of at least 4 members (excludes halogenated alkanes) is 9. The molecule has 2 rings (SSSR count). The van der Waals surface area contributed by atoms with Crippen molar-refractivity contribution in [2.75, 3.05) is 13.2 Å². The van der Waals surface area contributed by atoms with E-state index in [2.05, 4.69) is 6.92 Å². The third-order valence-corrected chi connectivity index (χ3v) is 7.44. The average molecular weight is 526 g/mol. The minimum Gasteiger partial charge on any atom is -0.394 e. The summed E-state index contributed by atoms with van der Waals surface area (Å²) >= 11 is 0. The van der Waals surface area contributed by atoms with Gasteiger partial charge in [-0.25, -0.2) is 0 Å².